The summed E-state index contributed by atoms with van der Waals surface area (Å²) >= 11 is 0. The van der Waals surface area contributed by atoms with Crippen molar-refractivity contribution in [1.82, 2.24) is 9.88 Å². The number of hydrogen-bond donors (Lipinski definition) is 0. The average Bonchev–Trinajstić information content (AvgIpc) is 2.63. The van der Waals surface area contributed by atoms with E-state index in [0.717, 1.165) is 64.2 Å². The van der Waals surface area contributed by atoms with Crippen LogP contribution in [0.15, 0.2) is 24.5 Å². The van der Waals surface area contributed by atoms with E-state index in [-0.39, 0.29) is 5.60 Å². The Morgan fingerprint density at radius 3 is 2.77 bits per heavy atom. The molecule has 0 saturated carbocycles. The van der Waals surface area contributed by atoms with Gasteiger partial charge in [-0.1, -0.05) is 13.8 Å². The molecule has 0 radical (unpaired) electrons. The molecule has 0 bridgehead atoms. The molecule has 1 spiro atoms. The first-order valence-electron chi connectivity index (χ1n) is 10.0. The molecule has 1 aromatic heterocycles. The number of ether oxygens (including phenoxy) is 2. The Morgan fingerprint density at radius 2 is 2.08 bits per heavy atom. The quantitative estimate of drug-likeness (QED) is 0.776. The molecule has 26 heavy (non-hydrogen) atoms. The minimum atomic E-state index is -0.0196. The minimum Gasteiger partial charge on any atom is -0.493 e. The fourth-order valence-electron chi connectivity index (χ4n) is 4.14. The van der Waals surface area contributed by atoms with Crippen molar-refractivity contribution >= 4 is 5.91 Å². The fourth-order valence-corrected chi connectivity index (χ4v) is 4.14. The van der Waals surface area contributed by atoms with Crippen LogP contribution in [-0.4, -0.2) is 47.7 Å². The first-order chi connectivity index (χ1) is 12.6. The highest BCUT2D eigenvalue weighted by Crippen LogP contribution is 2.39. The second-order valence-electron chi connectivity index (χ2n) is 8.19. The normalized spacial score (nSPS) is 22.6. The third-order valence-electron chi connectivity index (χ3n) is 5.65. The molecule has 2 aliphatic rings. The number of amides is 1. The van der Waals surface area contributed by atoms with E-state index < -0.39 is 0 Å². The largest absolute Gasteiger partial charge is 0.493 e. The molecular formula is C21H32N2O3. The number of likely N-dealkylation sites (tertiary alicyclic amines) is 1. The van der Waals surface area contributed by atoms with Gasteiger partial charge in [0.15, 0.2) is 0 Å². The van der Waals surface area contributed by atoms with E-state index in [0.29, 0.717) is 24.2 Å². The molecule has 2 aliphatic heterocycles. The third-order valence-corrected chi connectivity index (χ3v) is 5.65. The van der Waals surface area contributed by atoms with Gasteiger partial charge < -0.3 is 14.4 Å². The zero-order chi connectivity index (χ0) is 18.4. The van der Waals surface area contributed by atoms with E-state index in [1.165, 1.54) is 0 Å². The second kappa shape index (κ2) is 8.85. The molecule has 1 aromatic rings. The fraction of sp³-hybridized carbons (Fsp3) is 0.714. The molecule has 5 heteroatoms. The lowest BCUT2D eigenvalue weighted by atomic mass is 9.78. The summed E-state index contributed by atoms with van der Waals surface area (Å²) in [5.41, 5.74) is -0.0196. The van der Waals surface area contributed by atoms with Gasteiger partial charge in [0, 0.05) is 38.5 Å². The summed E-state index contributed by atoms with van der Waals surface area (Å²) in [5.74, 6) is 2.25. The van der Waals surface area contributed by atoms with Crippen molar-refractivity contribution in [3.63, 3.8) is 0 Å². The third kappa shape index (κ3) is 5.19. The molecule has 2 fully saturated rings. The molecular weight excluding hydrogens is 328 g/mol. The van der Waals surface area contributed by atoms with Crippen LogP contribution < -0.4 is 4.74 Å². The summed E-state index contributed by atoms with van der Waals surface area (Å²) in [6.45, 7) is 7.46. The predicted octanol–water partition coefficient (Wildman–Crippen LogP) is 3.68. The van der Waals surface area contributed by atoms with Crippen LogP contribution in [0.5, 0.6) is 5.75 Å². The Balaban J connectivity index is 1.44. The van der Waals surface area contributed by atoms with Gasteiger partial charge in [-0.25, -0.2) is 0 Å². The number of rotatable bonds is 6. The summed E-state index contributed by atoms with van der Waals surface area (Å²) in [4.78, 5) is 18.3. The monoisotopic (exact) mass is 360 g/mol. The molecule has 1 unspecified atom stereocenters. The van der Waals surface area contributed by atoms with Crippen molar-refractivity contribution in [3.8, 4) is 5.75 Å². The van der Waals surface area contributed by atoms with Crippen molar-refractivity contribution in [2.24, 2.45) is 11.8 Å². The number of aromatic nitrogens is 1. The van der Waals surface area contributed by atoms with Crippen LogP contribution in [-0.2, 0) is 9.53 Å². The van der Waals surface area contributed by atoms with E-state index in [9.17, 15) is 4.79 Å². The van der Waals surface area contributed by atoms with E-state index in [1.807, 2.05) is 17.0 Å². The van der Waals surface area contributed by atoms with Gasteiger partial charge in [0.1, 0.15) is 5.75 Å². The van der Waals surface area contributed by atoms with Gasteiger partial charge in [0.25, 0.3) is 0 Å². The Morgan fingerprint density at radius 1 is 1.35 bits per heavy atom. The molecule has 1 atom stereocenters. The average molecular weight is 360 g/mol. The number of nitrogens with zero attached hydrogens (tertiary/aromatic N) is 2. The highest BCUT2D eigenvalue weighted by Gasteiger charge is 2.40. The smallest absolute Gasteiger partial charge is 0.222 e. The molecule has 5 nitrogen and oxygen atoms in total. The van der Waals surface area contributed by atoms with Crippen LogP contribution in [0.4, 0.5) is 0 Å². The summed E-state index contributed by atoms with van der Waals surface area (Å²) in [5, 5.41) is 0. The van der Waals surface area contributed by atoms with Crippen LogP contribution in [0.2, 0.25) is 0 Å². The summed E-state index contributed by atoms with van der Waals surface area (Å²) in [6.07, 6.45) is 9.37. The van der Waals surface area contributed by atoms with Crippen LogP contribution in [0.25, 0.3) is 0 Å². The first-order valence-corrected chi connectivity index (χ1v) is 10.0. The maximum Gasteiger partial charge on any atom is 0.222 e. The topological polar surface area (TPSA) is 51.7 Å². The van der Waals surface area contributed by atoms with E-state index in [1.54, 1.807) is 12.4 Å². The van der Waals surface area contributed by atoms with Crippen molar-refractivity contribution < 1.29 is 14.3 Å². The number of piperidine rings is 1. The summed E-state index contributed by atoms with van der Waals surface area (Å²) in [6, 6.07) is 3.80. The van der Waals surface area contributed by atoms with Crippen molar-refractivity contribution in [1.29, 1.82) is 0 Å². The van der Waals surface area contributed by atoms with E-state index >= 15 is 0 Å². The van der Waals surface area contributed by atoms with Crippen molar-refractivity contribution in [2.75, 3.05) is 26.3 Å². The van der Waals surface area contributed by atoms with Crippen LogP contribution in [0.1, 0.15) is 52.4 Å². The summed E-state index contributed by atoms with van der Waals surface area (Å²) in [7, 11) is 0. The first kappa shape index (κ1) is 19.2. The lowest BCUT2D eigenvalue weighted by molar-refractivity contribution is -0.148. The molecule has 2 saturated heterocycles. The van der Waals surface area contributed by atoms with Crippen molar-refractivity contribution in [3.05, 3.63) is 24.5 Å². The second-order valence-corrected chi connectivity index (χ2v) is 8.19. The zero-order valence-electron chi connectivity index (χ0n) is 16.2. The van der Waals surface area contributed by atoms with Crippen LogP contribution in [0.3, 0.4) is 0 Å². The number of pyridine rings is 1. The lowest BCUT2D eigenvalue weighted by Gasteiger charge is -2.46. The van der Waals surface area contributed by atoms with E-state index in [4.69, 9.17) is 9.47 Å². The molecule has 1 amide bonds. The van der Waals surface area contributed by atoms with Gasteiger partial charge in [-0.15, -0.1) is 0 Å². The SMILES string of the molecule is CC(C)CC(=O)N1CCC2(CC1)CC(CCOc1ccncc1)CCO2. The van der Waals surface area contributed by atoms with Gasteiger partial charge in [0.2, 0.25) is 5.91 Å². The van der Waals surface area contributed by atoms with Gasteiger partial charge in [0.05, 0.1) is 12.2 Å². The lowest BCUT2D eigenvalue weighted by Crippen LogP contribution is -2.51. The maximum absolute atomic E-state index is 12.3. The van der Waals surface area contributed by atoms with Crippen LogP contribution in [0, 0.1) is 11.8 Å². The molecule has 0 N–H and O–H groups in total. The molecule has 0 aliphatic carbocycles. The Labute approximate surface area is 157 Å². The maximum atomic E-state index is 12.3. The number of hydrogen-bond acceptors (Lipinski definition) is 4. The number of carbonyl (C=O) groups excluding carboxylic acids is 1. The van der Waals surface area contributed by atoms with Crippen LogP contribution >= 0.6 is 0 Å². The Kier molecular flexibility index (Phi) is 6.52. The molecule has 3 heterocycles. The highest BCUT2D eigenvalue weighted by molar-refractivity contribution is 5.76. The minimum absolute atomic E-state index is 0.0196. The van der Waals surface area contributed by atoms with Gasteiger partial charge in [-0.05, 0) is 56.1 Å². The van der Waals surface area contributed by atoms with Gasteiger partial charge >= 0.3 is 0 Å². The standard InChI is InChI=1S/C21H32N2O3/c1-17(2)15-20(24)23-11-7-21(8-12-23)16-18(6-14-26-21)5-13-25-19-3-9-22-10-4-19/h3-4,9-10,17-18H,5-8,11-16H2,1-2H3. The number of carbonyl (C=O) groups is 1. The summed E-state index contributed by atoms with van der Waals surface area (Å²) < 4.78 is 12.1. The molecule has 144 valence electrons. The predicted molar refractivity (Wildman–Crippen MR) is 101 cm³/mol. The zero-order valence-corrected chi connectivity index (χ0v) is 16.2. The Bertz CT molecular complexity index is 568. The van der Waals surface area contributed by atoms with Gasteiger partial charge in [-0.3, -0.25) is 9.78 Å². The van der Waals surface area contributed by atoms with Crippen molar-refractivity contribution in [2.45, 2.75) is 58.0 Å². The van der Waals surface area contributed by atoms with Gasteiger partial charge in [-0.2, -0.15) is 0 Å². The Hall–Kier alpha value is -1.62. The molecule has 3 rings (SSSR count). The molecule has 0 aromatic carbocycles. The highest BCUT2D eigenvalue weighted by atomic mass is 16.5. The van der Waals surface area contributed by atoms with E-state index in [2.05, 4.69) is 18.8 Å².